The molecule has 0 saturated heterocycles. The van der Waals surface area contributed by atoms with Gasteiger partial charge in [-0.15, -0.1) is 5.10 Å². The van der Waals surface area contributed by atoms with Crippen molar-refractivity contribution in [2.75, 3.05) is 13.7 Å². The summed E-state index contributed by atoms with van der Waals surface area (Å²) < 4.78 is 17.1. The first kappa shape index (κ1) is 15.9. The van der Waals surface area contributed by atoms with Crippen LogP contribution in [0.25, 0.3) is 11.5 Å². The number of methoxy groups -OCH3 is 1. The molecule has 8 nitrogen and oxygen atoms in total. The van der Waals surface area contributed by atoms with Crippen molar-refractivity contribution in [2.24, 2.45) is 0 Å². The van der Waals surface area contributed by atoms with E-state index >= 15 is 0 Å². The van der Waals surface area contributed by atoms with Gasteiger partial charge in [0.1, 0.15) is 0 Å². The molecule has 0 atom stereocenters. The van der Waals surface area contributed by atoms with E-state index in [0.717, 1.165) is 19.4 Å². The van der Waals surface area contributed by atoms with E-state index in [1.807, 2.05) is 16.9 Å². The van der Waals surface area contributed by atoms with Crippen LogP contribution in [-0.2, 0) is 6.54 Å². The van der Waals surface area contributed by atoms with Crippen molar-refractivity contribution in [3.8, 4) is 17.4 Å². The largest absolute Gasteiger partial charge is 0.480 e. The first-order chi connectivity index (χ1) is 11.8. The molecule has 3 aromatic heterocycles. The molecule has 0 aliphatic rings. The molecule has 0 saturated carbocycles. The zero-order chi connectivity index (χ0) is 16.8. The lowest BCUT2D eigenvalue weighted by Gasteiger charge is -2.03. The van der Waals surface area contributed by atoms with Crippen molar-refractivity contribution in [2.45, 2.75) is 19.4 Å². The zero-order valence-electron chi connectivity index (χ0n) is 13.3. The molecule has 3 heterocycles. The predicted octanol–water partition coefficient (Wildman–Crippen LogP) is 2.35. The molecule has 0 spiro atoms. The molecule has 0 fully saturated rings. The van der Waals surface area contributed by atoms with Gasteiger partial charge in [0.25, 0.3) is 5.91 Å². The topological polar surface area (TPSA) is 95.3 Å². The number of amides is 1. The lowest BCUT2D eigenvalue weighted by Crippen LogP contribution is -2.24. The van der Waals surface area contributed by atoms with Crippen LogP contribution in [0.5, 0.6) is 5.88 Å². The summed E-state index contributed by atoms with van der Waals surface area (Å²) >= 11 is 0. The summed E-state index contributed by atoms with van der Waals surface area (Å²) in [5.74, 6) is 1.30. The summed E-state index contributed by atoms with van der Waals surface area (Å²) in [5, 5.41) is 10.8. The Morgan fingerprint density at radius 3 is 3.00 bits per heavy atom. The number of aryl methyl sites for hydroxylation is 1. The van der Waals surface area contributed by atoms with Gasteiger partial charge in [0.05, 0.1) is 13.4 Å². The van der Waals surface area contributed by atoms with E-state index in [2.05, 4.69) is 15.6 Å². The number of nitrogens with zero attached hydrogens (tertiary/aromatic N) is 3. The molecular weight excluding hydrogens is 312 g/mol. The molecule has 0 aliphatic heterocycles. The highest BCUT2D eigenvalue weighted by Gasteiger charge is 2.14. The molecule has 0 aliphatic carbocycles. The molecular formula is C16H18N4O4. The predicted molar refractivity (Wildman–Crippen MR) is 84.6 cm³/mol. The van der Waals surface area contributed by atoms with Gasteiger partial charge in [-0.05, 0) is 25.0 Å². The number of hydrogen-bond donors (Lipinski definition) is 1. The minimum atomic E-state index is -0.266. The summed E-state index contributed by atoms with van der Waals surface area (Å²) in [7, 11) is 1.59. The lowest BCUT2D eigenvalue weighted by molar-refractivity contribution is 0.0944. The summed E-state index contributed by atoms with van der Waals surface area (Å²) in [5.41, 5.74) is 0.234. The first-order valence-electron chi connectivity index (χ1n) is 7.62. The molecule has 3 aromatic rings. The second-order valence-corrected chi connectivity index (χ2v) is 5.14. The Labute approximate surface area is 138 Å². The summed E-state index contributed by atoms with van der Waals surface area (Å²) in [6.07, 6.45) is 5.12. The maximum Gasteiger partial charge on any atom is 0.273 e. The van der Waals surface area contributed by atoms with Gasteiger partial charge in [-0.2, -0.15) is 0 Å². The summed E-state index contributed by atoms with van der Waals surface area (Å²) in [4.78, 5) is 12.0. The summed E-state index contributed by atoms with van der Waals surface area (Å²) in [6.45, 7) is 1.33. The van der Waals surface area contributed by atoms with Crippen LogP contribution >= 0.6 is 0 Å². The molecule has 3 rings (SSSR count). The standard InChI is InChI=1S/C16H18N4O4/c1-22-15-6-9-20(18-15)8-3-2-7-17-16(21)12-11-14(24-19-12)13-5-4-10-23-13/h4-6,9-11H,2-3,7-8H2,1H3,(H,17,21). The Kier molecular flexibility index (Phi) is 4.95. The number of carbonyl (C=O) groups excluding carboxylic acids is 1. The molecule has 1 N–H and O–H groups in total. The lowest BCUT2D eigenvalue weighted by atomic mass is 10.3. The second-order valence-electron chi connectivity index (χ2n) is 5.14. The molecule has 24 heavy (non-hydrogen) atoms. The third-order valence-electron chi connectivity index (χ3n) is 3.43. The normalized spacial score (nSPS) is 10.7. The van der Waals surface area contributed by atoms with Crippen molar-refractivity contribution >= 4 is 5.91 Å². The van der Waals surface area contributed by atoms with E-state index in [9.17, 15) is 4.79 Å². The zero-order valence-corrected chi connectivity index (χ0v) is 13.3. The first-order valence-corrected chi connectivity index (χ1v) is 7.62. The SMILES string of the molecule is COc1ccn(CCCCNC(=O)c2cc(-c3ccco3)on2)n1. The molecule has 0 aromatic carbocycles. The van der Waals surface area contributed by atoms with Gasteiger partial charge in [-0.1, -0.05) is 5.16 Å². The molecule has 1 amide bonds. The Balaban J connectivity index is 1.39. The van der Waals surface area contributed by atoms with Crippen molar-refractivity contribution < 1.29 is 18.5 Å². The Morgan fingerprint density at radius 2 is 2.25 bits per heavy atom. The highest BCUT2D eigenvalue weighted by molar-refractivity contribution is 5.92. The number of nitrogens with one attached hydrogen (secondary N) is 1. The van der Waals surface area contributed by atoms with Crippen LogP contribution in [0.4, 0.5) is 0 Å². The van der Waals surface area contributed by atoms with Crippen LogP contribution < -0.4 is 10.1 Å². The van der Waals surface area contributed by atoms with E-state index in [1.165, 1.54) is 6.26 Å². The third kappa shape index (κ3) is 3.83. The molecule has 126 valence electrons. The van der Waals surface area contributed by atoms with Crippen LogP contribution in [0.3, 0.4) is 0 Å². The van der Waals surface area contributed by atoms with E-state index in [1.54, 1.807) is 25.3 Å². The van der Waals surface area contributed by atoms with Crippen LogP contribution in [-0.4, -0.2) is 34.5 Å². The number of hydrogen-bond acceptors (Lipinski definition) is 6. The van der Waals surface area contributed by atoms with Gasteiger partial charge < -0.3 is 19.0 Å². The van der Waals surface area contributed by atoms with Crippen LogP contribution in [0.2, 0.25) is 0 Å². The fourth-order valence-electron chi connectivity index (χ4n) is 2.18. The van der Waals surface area contributed by atoms with Crippen LogP contribution in [0, 0.1) is 0 Å². The second kappa shape index (κ2) is 7.49. The fourth-order valence-corrected chi connectivity index (χ4v) is 2.18. The molecule has 8 heteroatoms. The average Bonchev–Trinajstić information content (AvgIpc) is 3.33. The van der Waals surface area contributed by atoms with Gasteiger partial charge in [0.15, 0.2) is 11.5 Å². The van der Waals surface area contributed by atoms with E-state index in [4.69, 9.17) is 13.7 Å². The van der Waals surface area contributed by atoms with Crippen LogP contribution in [0.1, 0.15) is 23.3 Å². The number of rotatable bonds is 8. The smallest absolute Gasteiger partial charge is 0.273 e. The Morgan fingerprint density at radius 1 is 1.33 bits per heavy atom. The minimum Gasteiger partial charge on any atom is -0.480 e. The minimum absolute atomic E-state index is 0.234. The average molecular weight is 330 g/mol. The fraction of sp³-hybridized carbons (Fsp3) is 0.312. The van der Waals surface area contributed by atoms with Gasteiger partial charge in [0.2, 0.25) is 11.6 Å². The molecule has 0 radical (unpaired) electrons. The number of carbonyl (C=O) groups is 1. The van der Waals surface area contributed by atoms with E-state index < -0.39 is 0 Å². The summed E-state index contributed by atoms with van der Waals surface area (Å²) in [6, 6.07) is 6.85. The Bertz CT molecular complexity index is 776. The van der Waals surface area contributed by atoms with Crippen molar-refractivity contribution in [3.63, 3.8) is 0 Å². The third-order valence-corrected chi connectivity index (χ3v) is 3.43. The molecule has 0 unspecified atom stereocenters. The van der Waals surface area contributed by atoms with Crippen molar-refractivity contribution in [1.82, 2.24) is 20.3 Å². The highest BCUT2D eigenvalue weighted by Crippen LogP contribution is 2.20. The highest BCUT2D eigenvalue weighted by atomic mass is 16.5. The quantitative estimate of drug-likeness (QED) is 0.637. The van der Waals surface area contributed by atoms with Crippen molar-refractivity contribution in [1.29, 1.82) is 0 Å². The van der Waals surface area contributed by atoms with Gasteiger partial charge >= 0.3 is 0 Å². The number of ether oxygens (including phenoxy) is 1. The maximum absolute atomic E-state index is 12.0. The van der Waals surface area contributed by atoms with Gasteiger partial charge in [-0.25, -0.2) is 0 Å². The Hall–Kier alpha value is -3.03. The number of furan rings is 1. The van der Waals surface area contributed by atoms with E-state index in [0.29, 0.717) is 23.9 Å². The van der Waals surface area contributed by atoms with Crippen LogP contribution in [0.15, 0.2) is 45.7 Å². The van der Waals surface area contributed by atoms with Gasteiger partial charge in [-0.3, -0.25) is 9.48 Å². The monoisotopic (exact) mass is 330 g/mol. The number of aromatic nitrogens is 3. The van der Waals surface area contributed by atoms with E-state index in [-0.39, 0.29) is 11.6 Å². The maximum atomic E-state index is 12.0. The van der Waals surface area contributed by atoms with Crippen molar-refractivity contribution in [3.05, 3.63) is 42.4 Å². The molecule has 0 bridgehead atoms. The number of unbranched alkanes of at least 4 members (excludes halogenated alkanes) is 1. The van der Waals surface area contributed by atoms with Gasteiger partial charge in [0, 0.05) is 31.4 Å².